The Kier molecular flexibility index (Phi) is 4.27. The highest BCUT2D eigenvalue weighted by Crippen LogP contribution is 2.23. The van der Waals surface area contributed by atoms with E-state index in [4.69, 9.17) is 11.0 Å². The van der Waals surface area contributed by atoms with Crippen LogP contribution in [-0.2, 0) is 6.42 Å². The molecule has 0 unspecified atom stereocenters. The predicted molar refractivity (Wildman–Crippen MR) is 83.7 cm³/mol. The first-order valence-corrected chi connectivity index (χ1v) is 6.66. The van der Waals surface area contributed by atoms with Crippen molar-refractivity contribution in [2.45, 2.75) is 13.3 Å². The topological polar surface area (TPSA) is 53.0 Å². The first kappa shape index (κ1) is 14.0. The van der Waals surface area contributed by atoms with Crippen molar-refractivity contribution in [3.8, 4) is 6.07 Å². The van der Waals surface area contributed by atoms with Gasteiger partial charge in [0.25, 0.3) is 0 Å². The Labute approximate surface area is 120 Å². The Balaban J connectivity index is 2.03. The summed E-state index contributed by atoms with van der Waals surface area (Å²) in [6.07, 6.45) is 0.968. The quantitative estimate of drug-likeness (QED) is 0.864. The van der Waals surface area contributed by atoms with Gasteiger partial charge in [0.1, 0.15) is 0 Å². The third-order valence-corrected chi connectivity index (χ3v) is 3.42. The number of rotatable bonds is 4. The molecule has 0 aliphatic carbocycles. The minimum atomic E-state index is 0.596. The molecule has 0 fully saturated rings. The Morgan fingerprint density at radius 3 is 2.45 bits per heavy atom. The highest BCUT2D eigenvalue weighted by atomic mass is 15.1. The van der Waals surface area contributed by atoms with Gasteiger partial charge in [-0.05, 0) is 37.1 Å². The SMILES string of the molecule is Cc1ccc(CCN(C)c2ccc(C#N)cc2N)cc1. The molecule has 0 atom stereocenters. The number of benzene rings is 2. The number of nitrogens with two attached hydrogens (primary N) is 1. The summed E-state index contributed by atoms with van der Waals surface area (Å²) in [6, 6.07) is 16.1. The fraction of sp³-hybridized carbons (Fsp3) is 0.235. The zero-order chi connectivity index (χ0) is 14.5. The second kappa shape index (κ2) is 6.12. The Morgan fingerprint density at radius 2 is 1.85 bits per heavy atom. The van der Waals surface area contributed by atoms with Gasteiger partial charge in [0.15, 0.2) is 0 Å². The largest absolute Gasteiger partial charge is 0.397 e. The van der Waals surface area contributed by atoms with Gasteiger partial charge in [0.2, 0.25) is 0 Å². The summed E-state index contributed by atoms with van der Waals surface area (Å²) in [5, 5.41) is 8.85. The highest BCUT2D eigenvalue weighted by Gasteiger charge is 2.06. The van der Waals surface area contributed by atoms with Gasteiger partial charge in [-0.25, -0.2) is 0 Å². The van der Waals surface area contributed by atoms with E-state index in [1.807, 2.05) is 13.1 Å². The predicted octanol–water partition coefficient (Wildman–Crippen LogP) is 3.13. The van der Waals surface area contributed by atoms with Crippen LogP contribution in [0.25, 0.3) is 0 Å². The van der Waals surface area contributed by atoms with E-state index >= 15 is 0 Å². The lowest BCUT2D eigenvalue weighted by Gasteiger charge is -2.21. The van der Waals surface area contributed by atoms with Gasteiger partial charge >= 0.3 is 0 Å². The van der Waals surface area contributed by atoms with Gasteiger partial charge in [-0.1, -0.05) is 29.8 Å². The molecule has 0 amide bonds. The van der Waals surface area contributed by atoms with E-state index in [2.05, 4.69) is 42.2 Å². The van der Waals surface area contributed by atoms with Gasteiger partial charge in [-0.15, -0.1) is 0 Å². The van der Waals surface area contributed by atoms with Crippen molar-refractivity contribution in [3.63, 3.8) is 0 Å². The summed E-state index contributed by atoms with van der Waals surface area (Å²) in [5.41, 5.74) is 10.8. The van der Waals surface area contributed by atoms with Crippen LogP contribution in [-0.4, -0.2) is 13.6 Å². The van der Waals surface area contributed by atoms with E-state index in [0.717, 1.165) is 18.7 Å². The third kappa shape index (κ3) is 3.30. The standard InChI is InChI=1S/C17H19N3/c1-13-3-5-14(6-4-13)9-10-20(2)17-8-7-15(12-18)11-16(17)19/h3-8,11H,9-10,19H2,1-2H3. The molecule has 2 aromatic carbocycles. The van der Waals surface area contributed by atoms with Gasteiger partial charge in [0, 0.05) is 13.6 Å². The summed E-state index contributed by atoms with van der Waals surface area (Å²) in [7, 11) is 2.02. The van der Waals surface area contributed by atoms with E-state index in [1.165, 1.54) is 11.1 Å². The van der Waals surface area contributed by atoms with Crippen LogP contribution in [0, 0.1) is 18.3 Å². The third-order valence-electron chi connectivity index (χ3n) is 3.42. The van der Waals surface area contributed by atoms with Crippen LogP contribution in [0.1, 0.15) is 16.7 Å². The van der Waals surface area contributed by atoms with Crippen LogP contribution < -0.4 is 10.6 Å². The van der Waals surface area contributed by atoms with E-state index in [0.29, 0.717) is 11.3 Å². The Hall–Kier alpha value is -2.47. The van der Waals surface area contributed by atoms with Crippen LogP contribution in [0.4, 0.5) is 11.4 Å². The zero-order valence-corrected chi connectivity index (χ0v) is 11.9. The minimum Gasteiger partial charge on any atom is -0.397 e. The first-order chi connectivity index (χ1) is 9.60. The molecule has 102 valence electrons. The minimum absolute atomic E-state index is 0.596. The monoisotopic (exact) mass is 265 g/mol. The average Bonchev–Trinajstić information content (AvgIpc) is 2.46. The van der Waals surface area contributed by atoms with Gasteiger partial charge in [-0.2, -0.15) is 5.26 Å². The van der Waals surface area contributed by atoms with Crippen molar-refractivity contribution in [3.05, 3.63) is 59.2 Å². The maximum atomic E-state index is 8.85. The second-order valence-electron chi connectivity index (χ2n) is 5.04. The molecule has 0 spiro atoms. The molecule has 2 aromatic rings. The molecule has 3 heteroatoms. The normalized spacial score (nSPS) is 10.1. The molecule has 0 aliphatic heterocycles. The molecule has 0 aromatic heterocycles. The van der Waals surface area contributed by atoms with Crippen LogP contribution in [0.3, 0.4) is 0 Å². The number of nitriles is 1. The van der Waals surface area contributed by atoms with Gasteiger partial charge in [0.05, 0.1) is 23.0 Å². The average molecular weight is 265 g/mol. The van der Waals surface area contributed by atoms with Crippen molar-refractivity contribution in [1.82, 2.24) is 0 Å². The maximum absolute atomic E-state index is 8.85. The van der Waals surface area contributed by atoms with E-state index in [1.54, 1.807) is 12.1 Å². The van der Waals surface area contributed by atoms with Crippen molar-refractivity contribution in [1.29, 1.82) is 5.26 Å². The molecular formula is C17H19N3. The first-order valence-electron chi connectivity index (χ1n) is 6.66. The smallest absolute Gasteiger partial charge is 0.0992 e. The number of anilines is 2. The fourth-order valence-electron chi connectivity index (χ4n) is 2.14. The summed E-state index contributed by atoms with van der Waals surface area (Å²) >= 11 is 0. The molecule has 0 saturated heterocycles. The molecule has 0 radical (unpaired) electrons. The fourth-order valence-corrected chi connectivity index (χ4v) is 2.14. The summed E-state index contributed by atoms with van der Waals surface area (Å²) in [5.74, 6) is 0. The number of nitrogen functional groups attached to an aromatic ring is 1. The molecule has 2 N–H and O–H groups in total. The number of nitrogens with zero attached hydrogens (tertiary/aromatic N) is 2. The molecule has 0 saturated carbocycles. The number of hydrogen-bond donors (Lipinski definition) is 1. The van der Waals surface area contributed by atoms with E-state index < -0.39 is 0 Å². The highest BCUT2D eigenvalue weighted by molar-refractivity contribution is 5.69. The number of hydrogen-bond acceptors (Lipinski definition) is 3. The number of aryl methyl sites for hydroxylation is 1. The lowest BCUT2D eigenvalue weighted by atomic mass is 10.1. The van der Waals surface area contributed by atoms with E-state index in [-0.39, 0.29) is 0 Å². The lowest BCUT2D eigenvalue weighted by molar-refractivity contribution is 0.877. The molecule has 2 rings (SSSR count). The summed E-state index contributed by atoms with van der Waals surface area (Å²) in [6.45, 7) is 2.98. The molecule has 3 nitrogen and oxygen atoms in total. The van der Waals surface area contributed by atoms with Crippen LogP contribution in [0.5, 0.6) is 0 Å². The van der Waals surface area contributed by atoms with Crippen LogP contribution >= 0.6 is 0 Å². The van der Waals surface area contributed by atoms with Crippen molar-refractivity contribution >= 4 is 11.4 Å². The Bertz CT molecular complexity index is 624. The molecular weight excluding hydrogens is 246 g/mol. The van der Waals surface area contributed by atoms with Gasteiger partial charge in [-0.3, -0.25) is 0 Å². The second-order valence-corrected chi connectivity index (χ2v) is 5.04. The van der Waals surface area contributed by atoms with E-state index in [9.17, 15) is 0 Å². The molecule has 20 heavy (non-hydrogen) atoms. The molecule has 0 heterocycles. The van der Waals surface area contributed by atoms with Crippen molar-refractivity contribution in [2.75, 3.05) is 24.2 Å². The van der Waals surface area contributed by atoms with Crippen LogP contribution in [0.2, 0.25) is 0 Å². The number of likely N-dealkylation sites (N-methyl/N-ethyl adjacent to an activating group) is 1. The summed E-state index contributed by atoms with van der Waals surface area (Å²) in [4.78, 5) is 2.12. The summed E-state index contributed by atoms with van der Waals surface area (Å²) < 4.78 is 0. The molecule has 0 aliphatic rings. The van der Waals surface area contributed by atoms with Crippen LogP contribution in [0.15, 0.2) is 42.5 Å². The van der Waals surface area contributed by atoms with Crippen molar-refractivity contribution in [2.24, 2.45) is 0 Å². The Morgan fingerprint density at radius 1 is 1.15 bits per heavy atom. The zero-order valence-electron chi connectivity index (χ0n) is 11.9. The van der Waals surface area contributed by atoms with Crippen molar-refractivity contribution < 1.29 is 0 Å². The lowest BCUT2D eigenvalue weighted by Crippen LogP contribution is -2.21. The van der Waals surface area contributed by atoms with Gasteiger partial charge < -0.3 is 10.6 Å². The molecule has 0 bridgehead atoms. The maximum Gasteiger partial charge on any atom is 0.0992 e.